The van der Waals surface area contributed by atoms with Crippen LogP contribution < -0.4 is 0 Å². The molecule has 0 aliphatic carbocycles. The van der Waals surface area contributed by atoms with E-state index in [0.29, 0.717) is 7.73 Å². The smallest absolute Gasteiger partial charge is 0.325 e. The normalized spacial score (nSPS) is 23.1. The summed E-state index contributed by atoms with van der Waals surface area (Å²) >= 11 is 15.3. The maximum atomic E-state index is 10.2. The minimum Gasteiger partial charge on any atom is -0.480 e. The summed E-state index contributed by atoms with van der Waals surface area (Å²) in [5.74, 6) is -1.69. The van der Waals surface area contributed by atoms with E-state index in [-0.39, 0.29) is 0 Å². The highest BCUT2D eigenvalue weighted by Gasteiger charge is 2.53. The highest BCUT2D eigenvalue weighted by Crippen LogP contribution is 2.47. The lowest BCUT2D eigenvalue weighted by Crippen LogP contribution is -2.18. The Hall–Kier alpha value is 0.170. The van der Waals surface area contributed by atoms with Gasteiger partial charge in [-0.3, -0.25) is 9.59 Å². The fourth-order valence-corrected chi connectivity index (χ4v) is 2.88. The molecule has 1 rings (SSSR count). The zero-order valence-electron chi connectivity index (χ0n) is 8.87. The Morgan fingerprint density at radius 1 is 1.53 bits per heavy atom. The Morgan fingerprint density at radius 2 is 1.94 bits per heavy atom. The Labute approximate surface area is 123 Å². The fraction of sp³-hybridized carbons (Fsp3) is 0.500. The van der Waals surface area contributed by atoms with Gasteiger partial charge in [-0.25, -0.2) is 0 Å². The molecule has 0 aromatic rings. The monoisotopic (exact) mass is 330 g/mol. The van der Waals surface area contributed by atoms with Crippen molar-refractivity contribution in [2.24, 2.45) is 0 Å². The summed E-state index contributed by atoms with van der Waals surface area (Å²) in [6, 6.07) is 0. The Kier molecular flexibility index (Phi) is 7.00. The van der Waals surface area contributed by atoms with Crippen LogP contribution in [0.15, 0.2) is 0 Å². The zero-order valence-corrected chi connectivity index (χ0v) is 13.0. The van der Waals surface area contributed by atoms with E-state index in [1.807, 2.05) is 0 Å². The Morgan fingerprint density at radius 3 is 2.00 bits per heavy atom. The molecule has 1 aliphatic heterocycles. The van der Waals surface area contributed by atoms with Gasteiger partial charge in [-0.05, 0) is 13.8 Å². The maximum absolute atomic E-state index is 10.2. The van der Waals surface area contributed by atoms with Crippen LogP contribution in [0.3, 0.4) is 0 Å². The minimum atomic E-state index is -0.864. The van der Waals surface area contributed by atoms with Crippen LogP contribution in [-0.2, 0) is 9.59 Å². The molecule has 1 fully saturated rings. The lowest BCUT2D eigenvalue weighted by molar-refractivity contribution is -0.137. The second-order valence-corrected chi connectivity index (χ2v) is 8.26. The molecule has 0 spiro atoms. The number of carbonyl (C=O) groups is 2. The van der Waals surface area contributed by atoms with Crippen LogP contribution >= 0.6 is 60.6 Å². The number of thioether (sulfide) groups is 2. The second-order valence-electron chi connectivity index (χ2n) is 3.09. The second kappa shape index (κ2) is 6.93. The molecule has 2 unspecified atom stereocenters. The third-order valence-corrected chi connectivity index (χ3v) is 5.00. The number of thiol groups is 1. The first kappa shape index (κ1) is 17.2. The summed E-state index contributed by atoms with van der Waals surface area (Å²) in [4.78, 5) is 20.3. The minimum absolute atomic E-state index is 0.366. The molecule has 17 heavy (non-hydrogen) atoms. The van der Waals surface area contributed by atoms with Crippen LogP contribution in [0, 0.1) is 0 Å². The van der Waals surface area contributed by atoms with Gasteiger partial charge >= 0.3 is 11.9 Å². The number of hydrogen-bond donors (Lipinski definition) is 3. The SMILES string of the molecule is CC(SC(=S)S)C(=O)O.CC1(C(=O)O)SC1=S. The Balaban J connectivity index is 0.000000302. The highest BCUT2D eigenvalue weighted by atomic mass is 32.2. The van der Waals surface area contributed by atoms with E-state index in [9.17, 15) is 9.59 Å². The van der Waals surface area contributed by atoms with E-state index in [2.05, 4.69) is 37.1 Å². The molecule has 9 heteroatoms. The van der Waals surface area contributed by atoms with Gasteiger partial charge in [0.15, 0.2) is 4.75 Å². The fourth-order valence-electron chi connectivity index (χ4n) is 0.492. The molecular weight excluding hydrogens is 320 g/mol. The number of rotatable bonds is 3. The molecule has 1 saturated heterocycles. The molecule has 1 aliphatic rings. The molecule has 1 heterocycles. The van der Waals surface area contributed by atoms with E-state index in [4.69, 9.17) is 10.2 Å². The van der Waals surface area contributed by atoms with Gasteiger partial charge < -0.3 is 10.2 Å². The molecule has 0 aromatic heterocycles. The number of hydrogen-bond acceptors (Lipinski definition) is 6. The summed E-state index contributed by atoms with van der Waals surface area (Å²) < 4.78 is 0.227. The van der Waals surface area contributed by atoms with Gasteiger partial charge in [0.05, 0.1) is 4.20 Å². The molecule has 2 atom stereocenters. The van der Waals surface area contributed by atoms with Crippen molar-refractivity contribution in [3.05, 3.63) is 0 Å². The van der Waals surface area contributed by atoms with E-state index in [1.165, 1.54) is 11.8 Å². The van der Waals surface area contributed by atoms with Gasteiger partial charge in [0.2, 0.25) is 0 Å². The lowest BCUT2D eigenvalue weighted by Gasteiger charge is -2.00. The molecule has 2 N–H and O–H groups in total. The largest absolute Gasteiger partial charge is 0.480 e. The predicted molar refractivity (Wildman–Crippen MR) is 82.5 cm³/mol. The van der Waals surface area contributed by atoms with Gasteiger partial charge in [0, 0.05) is 0 Å². The standard InChI is InChI=1S/C4H6O2S3.C4H4O2S2/c1-2(3(5)6)9-4(7)8;1-4(2(5)6)3(7)8-4/h2H,1H3,(H,5,6)(H,7,8);1H3,(H,5,6). The van der Waals surface area contributed by atoms with Crippen molar-refractivity contribution in [1.29, 1.82) is 0 Å². The van der Waals surface area contributed by atoms with Crippen LogP contribution in [0.1, 0.15) is 13.8 Å². The van der Waals surface area contributed by atoms with Crippen LogP contribution in [0.25, 0.3) is 0 Å². The van der Waals surface area contributed by atoms with Crippen LogP contribution in [0.2, 0.25) is 0 Å². The maximum Gasteiger partial charge on any atom is 0.325 e. The average molecular weight is 330 g/mol. The highest BCUT2D eigenvalue weighted by molar-refractivity contribution is 8.42. The van der Waals surface area contributed by atoms with Crippen LogP contribution in [-0.4, -0.2) is 39.9 Å². The molecule has 0 amide bonds. The molecule has 4 nitrogen and oxygen atoms in total. The van der Waals surface area contributed by atoms with Gasteiger partial charge in [0.25, 0.3) is 0 Å². The summed E-state index contributed by atoms with van der Waals surface area (Å²) in [6.07, 6.45) is 0. The summed E-state index contributed by atoms with van der Waals surface area (Å²) in [6.45, 7) is 3.18. The van der Waals surface area contributed by atoms with Crippen LogP contribution in [0.4, 0.5) is 0 Å². The predicted octanol–water partition coefficient (Wildman–Crippen LogP) is 2.31. The van der Waals surface area contributed by atoms with Crippen molar-refractivity contribution < 1.29 is 19.8 Å². The number of carboxylic acids is 2. The quantitative estimate of drug-likeness (QED) is 0.413. The van der Waals surface area contributed by atoms with Gasteiger partial charge in [-0.15, -0.1) is 12.6 Å². The first-order valence-corrected chi connectivity index (χ1v) is 7.16. The zero-order chi connectivity index (χ0) is 13.8. The van der Waals surface area contributed by atoms with Gasteiger partial charge in [0.1, 0.15) is 8.78 Å². The molecule has 0 bridgehead atoms. The molecule has 0 aromatic carbocycles. The van der Waals surface area contributed by atoms with Crippen molar-refractivity contribution in [1.82, 2.24) is 0 Å². The Bertz CT molecular complexity index is 369. The summed E-state index contributed by atoms with van der Waals surface area (Å²) in [5.41, 5.74) is 0. The lowest BCUT2D eigenvalue weighted by atomic mass is 10.2. The molecule has 96 valence electrons. The number of carboxylic acid groups (broad SMARTS) is 2. The van der Waals surface area contributed by atoms with Crippen LogP contribution in [0.5, 0.6) is 0 Å². The average Bonchev–Trinajstić information content (AvgIpc) is 2.76. The van der Waals surface area contributed by atoms with E-state index in [1.54, 1.807) is 13.8 Å². The number of aliphatic carboxylic acids is 2. The van der Waals surface area contributed by atoms with Crippen molar-refractivity contribution >= 4 is 80.3 Å². The first-order valence-electron chi connectivity index (χ1n) is 4.20. The van der Waals surface area contributed by atoms with Crippen molar-refractivity contribution in [2.45, 2.75) is 23.8 Å². The molecular formula is C8H10O4S5. The summed E-state index contributed by atoms with van der Waals surface area (Å²) in [7, 11) is 0. The van der Waals surface area contributed by atoms with Gasteiger partial charge in [-0.1, -0.05) is 48.0 Å². The van der Waals surface area contributed by atoms with E-state index >= 15 is 0 Å². The molecule has 0 saturated carbocycles. The van der Waals surface area contributed by atoms with Crippen molar-refractivity contribution in [2.75, 3.05) is 0 Å². The van der Waals surface area contributed by atoms with Gasteiger partial charge in [-0.2, -0.15) is 0 Å². The first-order chi connectivity index (χ1) is 7.61. The third kappa shape index (κ3) is 6.05. The topological polar surface area (TPSA) is 74.6 Å². The molecule has 0 radical (unpaired) electrons. The van der Waals surface area contributed by atoms with Crippen molar-refractivity contribution in [3.8, 4) is 0 Å². The summed E-state index contributed by atoms with van der Waals surface area (Å²) in [5, 5.41) is 16.2. The van der Waals surface area contributed by atoms with E-state index < -0.39 is 21.9 Å². The van der Waals surface area contributed by atoms with E-state index in [0.717, 1.165) is 11.8 Å². The number of thiocarbonyl (C=S) groups is 2. The third-order valence-electron chi connectivity index (χ3n) is 1.68. The van der Waals surface area contributed by atoms with Crippen molar-refractivity contribution in [3.63, 3.8) is 0 Å².